The van der Waals surface area contributed by atoms with Crippen molar-refractivity contribution in [2.75, 3.05) is 33.2 Å². The topological polar surface area (TPSA) is 44.0 Å². The van der Waals surface area contributed by atoms with Crippen LogP contribution in [0.4, 0.5) is 13.2 Å². The van der Waals surface area contributed by atoms with Gasteiger partial charge in [0.15, 0.2) is 0 Å². The largest absolute Gasteiger partial charge is 0.417 e. The molecule has 0 amide bonds. The van der Waals surface area contributed by atoms with Crippen LogP contribution in [-0.2, 0) is 6.18 Å². The van der Waals surface area contributed by atoms with E-state index in [4.69, 9.17) is 0 Å². The summed E-state index contributed by atoms with van der Waals surface area (Å²) in [4.78, 5) is 10.1. The zero-order chi connectivity index (χ0) is 21.3. The normalized spacial score (nSPS) is 16.4. The first-order valence-electron chi connectivity index (χ1n) is 10.4. The number of alkyl halides is 3. The monoisotopic (exact) mass is 416 g/mol. The first-order chi connectivity index (χ1) is 14.4. The minimum Gasteiger partial charge on any atom is -0.338 e. The van der Waals surface area contributed by atoms with Crippen LogP contribution in [0, 0.1) is 6.92 Å². The molecule has 0 bridgehead atoms. The van der Waals surface area contributed by atoms with E-state index in [0.29, 0.717) is 5.92 Å². The third-order valence-electron chi connectivity index (χ3n) is 6.02. The molecule has 30 heavy (non-hydrogen) atoms. The van der Waals surface area contributed by atoms with Gasteiger partial charge in [-0.3, -0.25) is 0 Å². The number of benzene rings is 2. The van der Waals surface area contributed by atoms with Gasteiger partial charge in [0.2, 0.25) is 0 Å². The van der Waals surface area contributed by atoms with E-state index in [1.54, 1.807) is 6.07 Å². The summed E-state index contributed by atoms with van der Waals surface area (Å²) in [6.45, 7) is 6.16. The van der Waals surface area contributed by atoms with E-state index in [2.05, 4.69) is 32.3 Å². The number of hydrogen-bond donors (Lipinski definition) is 2. The summed E-state index contributed by atoms with van der Waals surface area (Å²) in [5.74, 6) is 0.730. The van der Waals surface area contributed by atoms with Crippen LogP contribution in [0.3, 0.4) is 0 Å². The van der Waals surface area contributed by atoms with E-state index in [9.17, 15) is 13.2 Å². The van der Waals surface area contributed by atoms with Gasteiger partial charge in [0.1, 0.15) is 5.82 Å². The van der Waals surface area contributed by atoms with Crippen LogP contribution in [-0.4, -0.2) is 48.1 Å². The molecule has 4 nitrogen and oxygen atoms in total. The van der Waals surface area contributed by atoms with Crippen molar-refractivity contribution >= 4 is 11.0 Å². The fourth-order valence-electron chi connectivity index (χ4n) is 4.38. The van der Waals surface area contributed by atoms with Gasteiger partial charge in [-0.2, -0.15) is 13.2 Å². The lowest BCUT2D eigenvalue weighted by Crippen LogP contribution is -2.37. The number of piperidine rings is 1. The van der Waals surface area contributed by atoms with Gasteiger partial charge in [-0.15, -0.1) is 0 Å². The molecule has 0 atom stereocenters. The molecular formula is C23H27F3N4. The molecule has 1 saturated heterocycles. The maximum atomic E-state index is 13.4. The number of likely N-dealkylation sites (tertiary alicyclic amines) is 1. The Hall–Kier alpha value is -2.38. The highest BCUT2D eigenvalue weighted by atomic mass is 19.4. The number of aromatic nitrogens is 2. The van der Waals surface area contributed by atoms with Gasteiger partial charge in [-0.25, -0.2) is 4.98 Å². The molecule has 7 heteroatoms. The minimum absolute atomic E-state index is 0.0833. The third-order valence-corrected chi connectivity index (χ3v) is 6.02. The molecule has 0 aliphatic carbocycles. The molecule has 1 aliphatic heterocycles. The van der Waals surface area contributed by atoms with Crippen LogP contribution in [0.5, 0.6) is 0 Å². The first-order valence-corrected chi connectivity index (χ1v) is 10.4. The molecule has 2 N–H and O–H groups in total. The van der Waals surface area contributed by atoms with E-state index >= 15 is 0 Å². The van der Waals surface area contributed by atoms with Crippen molar-refractivity contribution in [3.8, 4) is 11.4 Å². The highest BCUT2D eigenvalue weighted by Crippen LogP contribution is 2.37. The van der Waals surface area contributed by atoms with Crippen molar-refractivity contribution in [3.63, 3.8) is 0 Å². The van der Waals surface area contributed by atoms with Crippen LogP contribution < -0.4 is 5.32 Å². The van der Waals surface area contributed by atoms with E-state index in [0.717, 1.165) is 61.7 Å². The van der Waals surface area contributed by atoms with Crippen molar-refractivity contribution in [1.82, 2.24) is 20.2 Å². The van der Waals surface area contributed by atoms with Gasteiger partial charge >= 0.3 is 6.18 Å². The van der Waals surface area contributed by atoms with Gasteiger partial charge in [0.25, 0.3) is 0 Å². The summed E-state index contributed by atoms with van der Waals surface area (Å²) in [5.41, 5.74) is 3.18. The molecular weight excluding hydrogens is 389 g/mol. The van der Waals surface area contributed by atoms with Crippen molar-refractivity contribution in [2.24, 2.45) is 0 Å². The number of H-pyrrole nitrogens is 1. The number of nitrogens with zero attached hydrogens (tertiary/aromatic N) is 2. The summed E-state index contributed by atoms with van der Waals surface area (Å²) >= 11 is 0. The zero-order valence-corrected chi connectivity index (χ0v) is 17.3. The smallest absolute Gasteiger partial charge is 0.338 e. The summed E-state index contributed by atoms with van der Waals surface area (Å²) in [5, 5.41) is 3.19. The van der Waals surface area contributed by atoms with Crippen LogP contribution >= 0.6 is 0 Å². The van der Waals surface area contributed by atoms with Crippen LogP contribution in [0.15, 0.2) is 36.4 Å². The molecule has 160 valence electrons. The lowest BCUT2D eigenvalue weighted by Gasteiger charge is -2.32. The Kier molecular flexibility index (Phi) is 5.84. The Morgan fingerprint density at radius 3 is 2.60 bits per heavy atom. The Bertz CT molecular complexity index is 1020. The zero-order valence-electron chi connectivity index (χ0n) is 17.3. The first kappa shape index (κ1) is 20.9. The molecule has 1 aromatic heterocycles. The fraction of sp³-hybridized carbons (Fsp3) is 0.435. The molecule has 0 saturated carbocycles. The molecule has 3 aromatic rings. The standard InChI is InChI=1S/C23H27F3N4/c1-15-13-17(16-7-10-30(11-8-16)12-9-27-2)14-20-21(15)29-22(28-20)18-5-3-4-6-19(18)23(24,25)26/h3-6,13-14,16,27H,7-12H2,1-2H3,(H,28,29). The average Bonchev–Trinajstić information content (AvgIpc) is 3.17. The molecule has 4 rings (SSSR count). The van der Waals surface area contributed by atoms with Gasteiger partial charge in [-0.05, 0) is 69.1 Å². The van der Waals surface area contributed by atoms with Crippen molar-refractivity contribution < 1.29 is 13.2 Å². The maximum absolute atomic E-state index is 13.4. The van der Waals surface area contributed by atoms with E-state index in [1.807, 2.05) is 14.0 Å². The second kappa shape index (κ2) is 8.40. The third kappa shape index (κ3) is 4.23. The molecule has 1 aliphatic rings. The Balaban J connectivity index is 1.62. The van der Waals surface area contributed by atoms with E-state index < -0.39 is 11.7 Å². The van der Waals surface area contributed by atoms with Crippen LogP contribution in [0.25, 0.3) is 22.4 Å². The SMILES string of the molecule is CNCCN1CCC(c2cc(C)c3nc(-c4ccccc4C(F)(F)F)[nH]c3c2)CC1. The minimum atomic E-state index is -4.42. The molecule has 2 heterocycles. The number of nitrogens with one attached hydrogen (secondary N) is 2. The predicted octanol–water partition coefficient (Wildman–Crippen LogP) is 4.96. The van der Waals surface area contributed by atoms with Gasteiger partial charge in [0.05, 0.1) is 16.6 Å². The lowest BCUT2D eigenvalue weighted by molar-refractivity contribution is -0.137. The lowest BCUT2D eigenvalue weighted by atomic mass is 9.88. The predicted molar refractivity (Wildman–Crippen MR) is 114 cm³/mol. The summed E-state index contributed by atoms with van der Waals surface area (Å²) in [6.07, 6.45) is -2.24. The summed E-state index contributed by atoms with van der Waals surface area (Å²) in [6, 6.07) is 9.80. The fourth-order valence-corrected chi connectivity index (χ4v) is 4.38. The highest BCUT2D eigenvalue weighted by Gasteiger charge is 2.34. The maximum Gasteiger partial charge on any atom is 0.417 e. The number of likely N-dealkylation sites (N-methyl/N-ethyl adjacent to an activating group) is 1. The van der Waals surface area contributed by atoms with Gasteiger partial charge < -0.3 is 15.2 Å². The summed E-state index contributed by atoms with van der Waals surface area (Å²) < 4.78 is 40.3. The molecule has 0 unspecified atom stereocenters. The number of rotatable bonds is 5. The van der Waals surface area contributed by atoms with Crippen LogP contribution in [0.1, 0.15) is 35.4 Å². The van der Waals surface area contributed by atoms with Gasteiger partial charge in [-0.1, -0.05) is 24.3 Å². The van der Waals surface area contributed by atoms with Crippen molar-refractivity contribution in [2.45, 2.75) is 31.9 Å². The average molecular weight is 416 g/mol. The molecule has 2 aromatic carbocycles. The summed E-state index contributed by atoms with van der Waals surface area (Å²) in [7, 11) is 1.97. The molecule has 0 radical (unpaired) electrons. The highest BCUT2D eigenvalue weighted by molar-refractivity contribution is 5.83. The van der Waals surface area contributed by atoms with Crippen molar-refractivity contribution in [1.29, 1.82) is 0 Å². The molecule has 0 spiro atoms. The number of imidazole rings is 1. The van der Waals surface area contributed by atoms with Crippen molar-refractivity contribution in [3.05, 3.63) is 53.1 Å². The second-order valence-electron chi connectivity index (χ2n) is 8.08. The number of halogens is 3. The number of hydrogen-bond acceptors (Lipinski definition) is 3. The second-order valence-corrected chi connectivity index (χ2v) is 8.08. The van der Waals surface area contributed by atoms with Gasteiger partial charge in [0, 0.05) is 18.7 Å². The number of aromatic amines is 1. The van der Waals surface area contributed by atoms with E-state index in [1.165, 1.54) is 17.7 Å². The number of aryl methyl sites for hydroxylation is 1. The Morgan fingerprint density at radius 1 is 1.17 bits per heavy atom. The Labute approximate surface area is 174 Å². The number of fused-ring (bicyclic) bond motifs is 1. The Morgan fingerprint density at radius 2 is 1.90 bits per heavy atom. The van der Waals surface area contributed by atoms with E-state index in [-0.39, 0.29) is 11.4 Å². The molecule has 1 fully saturated rings. The quantitative estimate of drug-likeness (QED) is 0.618. The van der Waals surface area contributed by atoms with Crippen LogP contribution in [0.2, 0.25) is 0 Å².